The van der Waals surface area contributed by atoms with Crippen molar-refractivity contribution in [3.63, 3.8) is 0 Å². The monoisotopic (exact) mass is 634 g/mol. The Hall–Kier alpha value is -4.12. The molecule has 1 saturated heterocycles. The summed E-state index contributed by atoms with van der Waals surface area (Å²) in [5, 5.41) is 18.7. The lowest BCUT2D eigenvalue weighted by Gasteiger charge is -2.31. The minimum absolute atomic E-state index is 0.137. The molecule has 0 bridgehead atoms. The zero-order valence-electron chi connectivity index (χ0n) is 24.5. The molecular weight excluding hydrogens is 604 g/mol. The van der Waals surface area contributed by atoms with Crippen molar-refractivity contribution in [1.82, 2.24) is 30.0 Å². The van der Waals surface area contributed by atoms with E-state index in [1.807, 2.05) is 12.1 Å². The molecule has 0 radical (unpaired) electrons. The lowest BCUT2D eigenvalue weighted by molar-refractivity contribution is -0.121. The predicted molar refractivity (Wildman–Crippen MR) is 165 cm³/mol. The number of anilines is 1. The van der Waals surface area contributed by atoms with Crippen molar-refractivity contribution in [1.29, 1.82) is 5.26 Å². The van der Waals surface area contributed by atoms with Crippen LogP contribution in [-0.2, 0) is 27.6 Å². The molecule has 1 amide bonds. The zero-order valence-corrected chi connectivity index (χ0v) is 26.1. The summed E-state index contributed by atoms with van der Waals surface area (Å²) in [4.78, 5) is 27.8. The number of nitrogens with zero attached hydrogens (tertiary/aromatic N) is 7. The van der Waals surface area contributed by atoms with Crippen LogP contribution in [0.1, 0.15) is 43.4 Å². The standard InChI is InChI=1S/C30H31ClN8O4S/c1-17(2)8-22-20(10-32)29(21-13-36-39(30(21)37-22)24-6-7-33-14-26(24)44(3,41)42)18-4-5-23-25(9-18)43-16-28(40)38(23)15-27-34-11-19(31)12-35-27/h4-5,9,11-13,17,24,26,33H,6-8,14-16H2,1-3H3. The van der Waals surface area contributed by atoms with Crippen LogP contribution >= 0.6 is 11.6 Å². The molecule has 0 spiro atoms. The molecule has 1 N–H and O–H groups in total. The van der Waals surface area contributed by atoms with Gasteiger partial charge in [0, 0.05) is 36.1 Å². The average Bonchev–Trinajstić information content (AvgIpc) is 3.41. The Labute approximate surface area is 259 Å². The van der Waals surface area contributed by atoms with E-state index in [2.05, 4.69) is 40.3 Å². The van der Waals surface area contributed by atoms with Gasteiger partial charge < -0.3 is 10.1 Å². The highest BCUT2D eigenvalue weighted by molar-refractivity contribution is 7.91. The summed E-state index contributed by atoms with van der Waals surface area (Å²) in [7, 11) is -3.39. The fourth-order valence-electron chi connectivity index (χ4n) is 5.93. The Kier molecular flexibility index (Phi) is 8.00. The number of benzene rings is 1. The molecule has 3 aromatic heterocycles. The molecule has 44 heavy (non-hydrogen) atoms. The molecule has 2 unspecified atom stereocenters. The smallest absolute Gasteiger partial charge is 0.265 e. The van der Waals surface area contributed by atoms with E-state index < -0.39 is 21.1 Å². The number of fused-ring (bicyclic) bond motifs is 2. The van der Waals surface area contributed by atoms with E-state index in [9.17, 15) is 18.5 Å². The maximum Gasteiger partial charge on any atom is 0.265 e. The van der Waals surface area contributed by atoms with Crippen LogP contribution in [0.5, 0.6) is 5.75 Å². The van der Waals surface area contributed by atoms with Gasteiger partial charge in [0.15, 0.2) is 22.1 Å². The summed E-state index contributed by atoms with van der Waals surface area (Å²) >= 11 is 5.93. The normalized spacial score (nSPS) is 18.7. The van der Waals surface area contributed by atoms with E-state index in [0.717, 1.165) is 0 Å². The number of nitrogens with one attached hydrogen (secondary N) is 1. The van der Waals surface area contributed by atoms with Gasteiger partial charge in [0.25, 0.3) is 5.91 Å². The van der Waals surface area contributed by atoms with Crippen molar-refractivity contribution in [2.45, 2.75) is 44.5 Å². The number of hydrogen-bond donors (Lipinski definition) is 1. The third-order valence-corrected chi connectivity index (χ3v) is 9.73. The molecule has 5 heterocycles. The average molecular weight is 635 g/mol. The van der Waals surface area contributed by atoms with Gasteiger partial charge in [-0.15, -0.1) is 0 Å². The SMILES string of the molecule is CC(C)Cc1nc2c(cnn2C2CCNCC2S(C)(=O)=O)c(-c2ccc3c(c2)OCC(=O)N3Cc2ncc(Cl)cn2)c1C#N. The lowest BCUT2D eigenvalue weighted by Crippen LogP contribution is -2.46. The highest BCUT2D eigenvalue weighted by atomic mass is 35.5. The molecule has 12 nitrogen and oxygen atoms in total. The predicted octanol–water partition coefficient (Wildman–Crippen LogP) is 3.49. The van der Waals surface area contributed by atoms with Crippen molar-refractivity contribution in [2.24, 2.45) is 5.92 Å². The first kappa shape index (κ1) is 29.9. The summed E-state index contributed by atoms with van der Waals surface area (Å²) in [6, 6.07) is 7.40. The van der Waals surface area contributed by atoms with Crippen LogP contribution in [-0.4, -0.2) is 70.3 Å². The van der Waals surface area contributed by atoms with Crippen molar-refractivity contribution in [3.05, 3.63) is 58.9 Å². The summed E-state index contributed by atoms with van der Waals surface area (Å²) in [5.41, 5.74) is 3.46. The number of pyridine rings is 1. The van der Waals surface area contributed by atoms with E-state index in [1.165, 1.54) is 18.6 Å². The first-order valence-corrected chi connectivity index (χ1v) is 16.6. The third kappa shape index (κ3) is 5.60. The minimum Gasteiger partial charge on any atom is -0.482 e. The summed E-state index contributed by atoms with van der Waals surface area (Å²) in [6.07, 6.45) is 6.98. The quantitative estimate of drug-likeness (QED) is 0.319. The number of aromatic nitrogens is 5. The number of piperidine rings is 1. The second-order valence-electron chi connectivity index (χ2n) is 11.5. The van der Waals surface area contributed by atoms with E-state index in [-0.39, 0.29) is 25.0 Å². The van der Waals surface area contributed by atoms with Crippen LogP contribution in [0.4, 0.5) is 5.69 Å². The molecule has 0 aliphatic carbocycles. The van der Waals surface area contributed by atoms with Crippen molar-refractivity contribution in [2.75, 3.05) is 30.9 Å². The van der Waals surface area contributed by atoms with Crippen molar-refractivity contribution >= 4 is 44.1 Å². The van der Waals surface area contributed by atoms with Gasteiger partial charge in [0.05, 0.1) is 46.0 Å². The van der Waals surface area contributed by atoms with Gasteiger partial charge in [0.1, 0.15) is 17.6 Å². The van der Waals surface area contributed by atoms with E-state index in [0.29, 0.717) is 81.6 Å². The number of amides is 1. The first-order valence-electron chi connectivity index (χ1n) is 14.3. The van der Waals surface area contributed by atoms with Gasteiger partial charge in [-0.05, 0) is 43.0 Å². The molecule has 228 valence electrons. The largest absolute Gasteiger partial charge is 0.482 e. The molecule has 2 aliphatic rings. The molecule has 2 atom stereocenters. The molecule has 6 rings (SSSR count). The maximum absolute atomic E-state index is 12.9. The fraction of sp³-hybridized carbons (Fsp3) is 0.400. The number of sulfone groups is 1. The van der Waals surface area contributed by atoms with Crippen LogP contribution in [0, 0.1) is 17.2 Å². The molecule has 14 heteroatoms. The third-order valence-electron chi connectivity index (χ3n) is 7.95. The highest BCUT2D eigenvalue weighted by Gasteiger charge is 2.36. The number of carbonyl (C=O) groups is 1. The zero-order chi connectivity index (χ0) is 31.2. The highest BCUT2D eigenvalue weighted by Crippen LogP contribution is 2.41. The Bertz CT molecular complexity index is 1900. The van der Waals surface area contributed by atoms with Crippen molar-refractivity contribution < 1.29 is 17.9 Å². The van der Waals surface area contributed by atoms with E-state index >= 15 is 0 Å². The summed E-state index contributed by atoms with van der Waals surface area (Å²) < 4.78 is 33.1. The maximum atomic E-state index is 12.9. The molecule has 4 aromatic rings. The molecule has 0 saturated carbocycles. The number of hydrogen-bond acceptors (Lipinski definition) is 10. The number of ether oxygens (including phenoxy) is 1. The van der Waals surface area contributed by atoms with Crippen LogP contribution < -0.4 is 15.0 Å². The molecule has 2 aliphatic heterocycles. The van der Waals surface area contributed by atoms with Crippen LogP contribution in [0.3, 0.4) is 0 Å². The molecular formula is C30H31ClN8O4S. The van der Waals surface area contributed by atoms with Gasteiger partial charge in [-0.25, -0.2) is 28.1 Å². The fourth-order valence-corrected chi connectivity index (χ4v) is 7.27. The number of nitriles is 1. The Morgan fingerprint density at radius 3 is 2.70 bits per heavy atom. The second kappa shape index (κ2) is 11.8. The summed E-state index contributed by atoms with van der Waals surface area (Å²) in [6.45, 7) is 5.06. The second-order valence-corrected chi connectivity index (χ2v) is 14.2. The molecule has 1 fully saturated rings. The van der Waals surface area contributed by atoms with Gasteiger partial charge in [-0.3, -0.25) is 9.69 Å². The van der Waals surface area contributed by atoms with Gasteiger partial charge in [-0.2, -0.15) is 10.4 Å². The minimum atomic E-state index is -3.39. The van der Waals surface area contributed by atoms with Gasteiger partial charge in [-0.1, -0.05) is 31.5 Å². The molecule has 1 aromatic carbocycles. The Balaban J connectivity index is 1.49. The first-order chi connectivity index (χ1) is 21.0. The summed E-state index contributed by atoms with van der Waals surface area (Å²) in [5.74, 6) is 0.868. The Morgan fingerprint density at radius 1 is 1.23 bits per heavy atom. The van der Waals surface area contributed by atoms with Gasteiger partial charge >= 0.3 is 0 Å². The van der Waals surface area contributed by atoms with Crippen LogP contribution in [0.25, 0.3) is 22.2 Å². The van der Waals surface area contributed by atoms with Crippen molar-refractivity contribution in [3.8, 4) is 22.9 Å². The number of halogens is 1. The number of carbonyl (C=O) groups excluding carboxylic acids is 1. The van der Waals surface area contributed by atoms with E-state index in [4.69, 9.17) is 21.3 Å². The lowest BCUT2D eigenvalue weighted by atomic mass is 9.93. The van der Waals surface area contributed by atoms with Crippen LogP contribution in [0.15, 0.2) is 36.8 Å². The van der Waals surface area contributed by atoms with Crippen LogP contribution in [0.2, 0.25) is 5.02 Å². The van der Waals surface area contributed by atoms with Gasteiger partial charge in [0.2, 0.25) is 0 Å². The topological polar surface area (TPSA) is 156 Å². The van der Waals surface area contributed by atoms with E-state index in [1.54, 1.807) is 21.8 Å². The number of rotatable bonds is 7. The Morgan fingerprint density at radius 2 is 2.00 bits per heavy atom.